The van der Waals surface area contributed by atoms with E-state index >= 15 is 0 Å². The summed E-state index contributed by atoms with van der Waals surface area (Å²) in [5.74, 6) is 0.0427. The summed E-state index contributed by atoms with van der Waals surface area (Å²) in [5, 5.41) is 49.3. The zero-order valence-electron chi connectivity index (χ0n) is 32.6. The number of aryl methyl sites for hydroxylation is 5. The van der Waals surface area contributed by atoms with Crippen molar-refractivity contribution in [1.29, 1.82) is 0 Å². The molecule has 0 fully saturated rings. The zero-order valence-corrected chi connectivity index (χ0v) is 34.6. The van der Waals surface area contributed by atoms with E-state index in [2.05, 4.69) is 19.9 Å². The van der Waals surface area contributed by atoms with Crippen molar-refractivity contribution in [2.75, 3.05) is 0 Å². The van der Waals surface area contributed by atoms with E-state index in [1.54, 1.807) is 49.1 Å². The Kier molecular flexibility index (Phi) is 20.5. The summed E-state index contributed by atoms with van der Waals surface area (Å²) >= 11 is 0. The molecule has 0 spiro atoms. The maximum Gasteiger partial charge on any atom is 1.00 e. The van der Waals surface area contributed by atoms with Gasteiger partial charge in [0, 0.05) is 30.2 Å². The normalized spacial score (nSPS) is 9.72. The summed E-state index contributed by atoms with van der Waals surface area (Å²) in [6.07, 6.45) is 7.53. The largest absolute Gasteiger partial charge is 1.00 e. The maximum absolute atomic E-state index is 11.5. The molecule has 0 aliphatic carbocycles. The van der Waals surface area contributed by atoms with Crippen molar-refractivity contribution < 1.29 is 107 Å². The molecule has 54 heavy (non-hydrogen) atoms. The van der Waals surface area contributed by atoms with Crippen molar-refractivity contribution in [3.63, 3.8) is 0 Å². The van der Waals surface area contributed by atoms with Gasteiger partial charge in [-0.15, -0.1) is 0 Å². The molecule has 0 N–H and O–H groups in total. The molecule has 252 valence electrons. The van der Waals surface area contributed by atoms with Gasteiger partial charge in [-0.05, 0) is 110 Å². The van der Waals surface area contributed by atoms with Crippen LogP contribution in [0.15, 0.2) is 116 Å². The Morgan fingerprint density at radius 3 is 1.17 bits per heavy atom. The average Bonchev–Trinajstić information content (AvgIpc) is 3.09. The van der Waals surface area contributed by atoms with Gasteiger partial charge < -0.3 is 20.4 Å². The van der Waals surface area contributed by atoms with E-state index in [0.29, 0.717) is 22.1 Å². The van der Waals surface area contributed by atoms with Crippen LogP contribution in [0.25, 0.3) is 43.6 Å². The Morgan fingerprint density at radius 1 is 0.426 bits per heavy atom. The molecule has 0 radical (unpaired) electrons. The van der Waals surface area contributed by atoms with Crippen LogP contribution >= 0.6 is 0 Å². The van der Waals surface area contributed by atoms with Gasteiger partial charge in [-0.1, -0.05) is 89.1 Å². The molecule has 0 amide bonds. The number of fused-ring (bicyclic) bond motifs is 4. The van der Waals surface area contributed by atoms with E-state index < -0.39 is 0 Å². The third-order valence-corrected chi connectivity index (χ3v) is 7.80. The van der Waals surface area contributed by atoms with E-state index in [-0.39, 0.29) is 109 Å². The van der Waals surface area contributed by atoms with E-state index in [1.807, 2.05) is 101 Å². The van der Waals surface area contributed by atoms with Crippen molar-refractivity contribution in [3.05, 3.63) is 144 Å². The average molecular weight is 705 g/mol. The molecule has 4 aromatic heterocycles. The standard InChI is InChI=1S/2C11H11NO.2C10H9NO.3Li.Na/c1-7-3-9-4-8(2)6-12-11(9)10(13)5-7;1-2-8-6-9-4-3-5-12-11(9)10(13)7-8;2*1-7-5-8-3-2-4-11-10(8)9(12)6-7;;;;/h3-6,13H,1-2H3;3-7,13H,2H2,1H3;2*2-6,12H,1H3;;;;/q;;;;4*+1/p-4. The van der Waals surface area contributed by atoms with Gasteiger partial charge in [0.25, 0.3) is 0 Å². The fourth-order valence-electron chi connectivity index (χ4n) is 5.50. The van der Waals surface area contributed by atoms with Gasteiger partial charge in [0.1, 0.15) is 0 Å². The monoisotopic (exact) mass is 704 g/mol. The second-order valence-electron chi connectivity index (χ2n) is 12.0. The van der Waals surface area contributed by atoms with Crippen LogP contribution in [0.5, 0.6) is 23.0 Å². The maximum atomic E-state index is 11.5. The van der Waals surface area contributed by atoms with Crippen LogP contribution in [0.2, 0.25) is 0 Å². The van der Waals surface area contributed by atoms with Gasteiger partial charge in [-0.25, -0.2) is 0 Å². The third kappa shape index (κ3) is 12.8. The molecular formula is C42H36Li3N4NaO4. The Labute approximate surface area is 374 Å². The Morgan fingerprint density at radius 2 is 0.759 bits per heavy atom. The molecule has 0 aliphatic rings. The summed E-state index contributed by atoms with van der Waals surface area (Å²) < 4.78 is 0. The van der Waals surface area contributed by atoms with E-state index in [4.69, 9.17) is 0 Å². The van der Waals surface area contributed by atoms with Gasteiger partial charge in [-0.2, -0.15) is 0 Å². The Hall–Kier alpha value is -3.49. The van der Waals surface area contributed by atoms with Crippen LogP contribution in [-0.4, -0.2) is 19.9 Å². The molecule has 0 bridgehead atoms. The van der Waals surface area contributed by atoms with E-state index in [9.17, 15) is 20.4 Å². The van der Waals surface area contributed by atoms with Crippen molar-refractivity contribution in [2.24, 2.45) is 0 Å². The fraction of sp³-hybridized carbons (Fsp3) is 0.143. The van der Waals surface area contributed by atoms with E-state index in [1.165, 1.54) is 0 Å². The summed E-state index contributed by atoms with van der Waals surface area (Å²) in [6, 6.07) is 27.6. The minimum absolute atomic E-state index is 0. The first-order valence-corrected chi connectivity index (χ1v) is 16.2. The second-order valence-corrected chi connectivity index (χ2v) is 12.0. The Bertz CT molecular complexity index is 2360. The molecule has 0 saturated heterocycles. The minimum Gasteiger partial charge on any atom is -0.871 e. The third-order valence-electron chi connectivity index (χ3n) is 7.80. The minimum atomic E-state index is 0. The van der Waals surface area contributed by atoms with Gasteiger partial charge >= 0.3 is 86.1 Å². The fourth-order valence-corrected chi connectivity index (χ4v) is 5.50. The van der Waals surface area contributed by atoms with E-state index in [0.717, 1.165) is 55.8 Å². The zero-order chi connectivity index (χ0) is 35.8. The molecule has 12 heteroatoms. The van der Waals surface area contributed by atoms with Crippen molar-refractivity contribution in [2.45, 2.75) is 41.0 Å². The number of aromatic nitrogens is 4. The van der Waals surface area contributed by atoms with Gasteiger partial charge in [-0.3, -0.25) is 19.9 Å². The first-order chi connectivity index (χ1) is 24.0. The summed E-state index contributed by atoms with van der Waals surface area (Å²) in [6.45, 7) is 9.75. The first kappa shape index (κ1) is 48.5. The van der Waals surface area contributed by atoms with Crippen LogP contribution in [-0.2, 0) is 6.42 Å². The number of rotatable bonds is 1. The number of pyridine rings is 4. The van der Waals surface area contributed by atoms with Crippen LogP contribution in [0, 0.1) is 27.7 Å². The smallest absolute Gasteiger partial charge is 0.871 e. The molecule has 0 saturated carbocycles. The molecule has 4 heterocycles. The van der Waals surface area contributed by atoms with Gasteiger partial charge in [0.15, 0.2) is 0 Å². The van der Waals surface area contributed by atoms with Crippen LogP contribution in [0.4, 0.5) is 0 Å². The SMILES string of the molecule is CCc1cc([O-])c2ncccc2c1.Cc1cc([O-])c2ncccc2c1.Cc1cc([O-])c2ncccc2c1.Cc1cnc2c([O-])cc(C)cc2c1.[Li+].[Li+].[Li+].[Na+]. The molecule has 4 aromatic carbocycles. The van der Waals surface area contributed by atoms with Crippen LogP contribution in [0.1, 0.15) is 34.7 Å². The molecule has 0 atom stereocenters. The number of hydrogen-bond donors (Lipinski definition) is 0. The Balaban J connectivity index is 0.000000352. The molecule has 0 unspecified atom stereocenters. The van der Waals surface area contributed by atoms with Gasteiger partial charge in [0.2, 0.25) is 0 Å². The number of hydrogen-bond acceptors (Lipinski definition) is 8. The van der Waals surface area contributed by atoms with Crippen LogP contribution in [0.3, 0.4) is 0 Å². The van der Waals surface area contributed by atoms with Crippen LogP contribution < -0.4 is 107 Å². The molecule has 8 aromatic rings. The molecule has 8 rings (SSSR count). The van der Waals surface area contributed by atoms with Gasteiger partial charge in [0.05, 0.1) is 22.1 Å². The quantitative estimate of drug-likeness (QED) is 0.155. The number of nitrogens with zero attached hydrogens (tertiary/aromatic N) is 4. The summed E-state index contributed by atoms with van der Waals surface area (Å²) in [5.41, 5.74) is 7.37. The summed E-state index contributed by atoms with van der Waals surface area (Å²) in [4.78, 5) is 16.2. The molecular weight excluding hydrogens is 668 g/mol. The number of benzene rings is 4. The molecule has 8 nitrogen and oxygen atoms in total. The van der Waals surface area contributed by atoms with Crippen molar-refractivity contribution in [1.82, 2.24) is 19.9 Å². The topological polar surface area (TPSA) is 144 Å². The van der Waals surface area contributed by atoms with Crippen molar-refractivity contribution in [3.8, 4) is 23.0 Å². The molecule has 0 aliphatic heterocycles. The summed E-state index contributed by atoms with van der Waals surface area (Å²) in [7, 11) is 0. The predicted octanol–water partition coefficient (Wildman–Crippen LogP) is -4.95. The first-order valence-electron chi connectivity index (χ1n) is 16.2. The second kappa shape index (κ2) is 22.8. The predicted molar refractivity (Wildman–Crippen MR) is 193 cm³/mol. The van der Waals surface area contributed by atoms with Crippen molar-refractivity contribution >= 4 is 43.6 Å².